The third kappa shape index (κ3) is 4.93. The summed E-state index contributed by atoms with van der Waals surface area (Å²) in [6, 6.07) is 20.1. The Morgan fingerprint density at radius 2 is 1.95 bits per heavy atom. The molecule has 0 radical (unpaired) electrons. The summed E-state index contributed by atoms with van der Waals surface area (Å²) >= 11 is 6.13. The molecule has 0 atom stereocenters. The molecule has 8 heteroatoms. The second-order valence-corrected chi connectivity index (χ2v) is 9.82. The van der Waals surface area contributed by atoms with Crippen LogP contribution in [-0.2, 0) is 11.3 Å². The zero-order valence-corrected chi connectivity index (χ0v) is 21.3. The molecule has 2 aliphatic rings. The van der Waals surface area contributed by atoms with E-state index in [1.807, 2.05) is 30.3 Å². The zero-order chi connectivity index (χ0) is 26.1. The molecule has 2 aromatic heterocycles. The normalized spacial score (nSPS) is 15.6. The number of pyridine rings is 1. The molecule has 2 amide bonds. The lowest BCUT2D eigenvalue weighted by Gasteiger charge is -2.17. The Bertz CT molecular complexity index is 1570. The molecule has 2 aromatic carbocycles. The van der Waals surface area contributed by atoms with E-state index >= 15 is 0 Å². The third-order valence-corrected chi connectivity index (χ3v) is 7.02. The van der Waals surface area contributed by atoms with Gasteiger partial charge in [0.2, 0.25) is 0 Å². The number of amides is 2. The molecule has 1 fully saturated rings. The summed E-state index contributed by atoms with van der Waals surface area (Å²) < 4.78 is 6.02. The van der Waals surface area contributed by atoms with Crippen LogP contribution in [0, 0.1) is 0 Å². The molecule has 38 heavy (non-hydrogen) atoms. The standard InChI is InChI=1S/C30H25ClN4O3/c31-22-6-8-26-24(16-22)25(30(37)34-26)17-23-7-9-27(38-23)20-4-3-5-21(15-20)29(36)33-18-19-10-11-32-28(14-19)35-12-1-2-13-35/h3-11,14-17H,1-2,12-13,18H2,(H,33,36)(H,34,37)/b25-17+. The third-order valence-electron chi connectivity index (χ3n) is 6.78. The van der Waals surface area contributed by atoms with Crippen molar-refractivity contribution < 1.29 is 14.0 Å². The summed E-state index contributed by atoms with van der Waals surface area (Å²) in [5, 5.41) is 6.39. The summed E-state index contributed by atoms with van der Waals surface area (Å²) in [6.45, 7) is 2.46. The Kier molecular flexibility index (Phi) is 6.43. The molecule has 0 bridgehead atoms. The molecule has 0 unspecified atom stereocenters. The number of carbonyl (C=O) groups excluding carboxylic acids is 2. The van der Waals surface area contributed by atoms with Crippen molar-refractivity contribution in [1.29, 1.82) is 0 Å². The lowest BCUT2D eigenvalue weighted by Crippen LogP contribution is -2.23. The number of halogens is 1. The van der Waals surface area contributed by atoms with Gasteiger partial charge in [0.1, 0.15) is 17.3 Å². The number of rotatable bonds is 6. The molecule has 2 N–H and O–H groups in total. The first-order valence-corrected chi connectivity index (χ1v) is 12.9. The molecule has 7 nitrogen and oxygen atoms in total. The Balaban J connectivity index is 1.16. The van der Waals surface area contributed by atoms with Gasteiger partial charge < -0.3 is 20.0 Å². The van der Waals surface area contributed by atoms with Crippen molar-refractivity contribution in [3.63, 3.8) is 0 Å². The van der Waals surface area contributed by atoms with E-state index in [4.69, 9.17) is 16.0 Å². The number of hydrogen-bond donors (Lipinski definition) is 2. The molecular formula is C30H25ClN4O3. The first kappa shape index (κ1) is 24.0. The lowest BCUT2D eigenvalue weighted by atomic mass is 10.1. The van der Waals surface area contributed by atoms with Gasteiger partial charge in [-0.05, 0) is 79.1 Å². The summed E-state index contributed by atoms with van der Waals surface area (Å²) in [5.41, 5.74) is 4.25. The fraction of sp³-hybridized carbons (Fsp3) is 0.167. The van der Waals surface area contributed by atoms with Gasteiger partial charge in [0.05, 0.1) is 5.57 Å². The molecule has 190 valence electrons. The summed E-state index contributed by atoms with van der Waals surface area (Å²) in [6.07, 6.45) is 5.86. The largest absolute Gasteiger partial charge is 0.457 e. The molecule has 6 rings (SSSR count). The molecule has 4 heterocycles. The van der Waals surface area contributed by atoms with Gasteiger partial charge in [-0.3, -0.25) is 9.59 Å². The predicted octanol–water partition coefficient (Wildman–Crippen LogP) is 6.02. The lowest BCUT2D eigenvalue weighted by molar-refractivity contribution is -0.110. The van der Waals surface area contributed by atoms with Crippen LogP contribution in [0.4, 0.5) is 11.5 Å². The van der Waals surface area contributed by atoms with Crippen LogP contribution in [0.1, 0.15) is 40.1 Å². The maximum absolute atomic E-state index is 12.9. The minimum absolute atomic E-state index is 0.170. The first-order chi connectivity index (χ1) is 18.5. The van der Waals surface area contributed by atoms with E-state index in [1.165, 1.54) is 12.8 Å². The number of carbonyl (C=O) groups is 2. The Morgan fingerprint density at radius 1 is 1.08 bits per heavy atom. The number of furan rings is 1. The van der Waals surface area contributed by atoms with Crippen molar-refractivity contribution in [3.05, 3.63) is 100 Å². The van der Waals surface area contributed by atoms with Gasteiger partial charge in [-0.15, -0.1) is 0 Å². The van der Waals surface area contributed by atoms with E-state index in [-0.39, 0.29) is 11.8 Å². The molecule has 1 saturated heterocycles. The molecular weight excluding hydrogens is 500 g/mol. The molecule has 0 aliphatic carbocycles. The number of hydrogen-bond acceptors (Lipinski definition) is 5. The Labute approximate surface area is 225 Å². The number of anilines is 2. The van der Waals surface area contributed by atoms with Crippen molar-refractivity contribution >= 4 is 46.6 Å². The van der Waals surface area contributed by atoms with E-state index in [2.05, 4.69) is 20.5 Å². The minimum Gasteiger partial charge on any atom is -0.457 e. The molecule has 2 aliphatic heterocycles. The predicted molar refractivity (Wildman–Crippen MR) is 149 cm³/mol. The highest BCUT2D eigenvalue weighted by atomic mass is 35.5. The summed E-state index contributed by atoms with van der Waals surface area (Å²) in [5.74, 6) is 1.71. The number of fused-ring (bicyclic) bond motifs is 1. The fourth-order valence-corrected chi connectivity index (χ4v) is 4.99. The maximum Gasteiger partial charge on any atom is 0.256 e. The summed E-state index contributed by atoms with van der Waals surface area (Å²) in [7, 11) is 0. The molecule has 4 aromatic rings. The van der Waals surface area contributed by atoms with Gasteiger partial charge in [-0.2, -0.15) is 0 Å². The quantitative estimate of drug-likeness (QED) is 0.301. The molecule has 0 saturated carbocycles. The van der Waals surface area contributed by atoms with Crippen LogP contribution >= 0.6 is 11.6 Å². The minimum atomic E-state index is -0.208. The Morgan fingerprint density at radius 3 is 2.82 bits per heavy atom. The number of aromatic nitrogens is 1. The SMILES string of the molecule is O=C1Nc2ccc(Cl)cc2/C1=C\c1ccc(-c2cccc(C(=O)NCc3ccnc(N4CCCC4)c3)c2)o1. The van der Waals surface area contributed by atoms with Crippen LogP contribution in [0.3, 0.4) is 0 Å². The van der Waals surface area contributed by atoms with Crippen LogP contribution < -0.4 is 15.5 Å². The molecule has 0 spiro atoms. The van der Waals surface area contributed by atoms with Gasteiger partial charge in [-0.1, -0.05) is 23.7 Å². The van der Waals surface area contributed by atoms with Crippen molar-refractivity contribution in [2.75, 3.05) is 23.3 Å². The highest BCUT2D eigenvalue weighted by Gasteiger charge is 2.24. The average molecular weight is 525 g/mol. The van der Waals surface area contributed by atoms with Crippen LogP contribution in [0.2, 0.25) is 5.02 Å². The monoisotopic (exact) mass is 524 g/mol. The second kappa shape index (κ2) is 10.2. The van der Waals surface area contributed by atoms with E-state index in [0.29, 0.717) is 34.2 Å². The van der Waals surface area contributed by atoms with Gasteiger partial charge in [0.25, 0.3) is 11.8 Å². The smallest absolute Gasteiger partial charge is 0.256 e. The zero-order valence-electron chi connectivity index (χ0n) is 20.5. The fourth-order valence-electron chi connectivity index (χ4n) is 4.82. The average Bonchev–Trinajstić information content (AvgIpc) is 3.70. The van der Waals surface area contributed by atoms with Gasteiger partial charge >= 0.3 is 0 Å². The number of nitrogens with one attached hydrogen (secondary N) is 2. The maximum atomic E-state index is 12.9. The van der Waals surface area contributed by atoms with Gasteiger partial charge in [0.15, 0.2) is 0 Å². The topological polar surface area (TPSA) is 87.5 Å². The van der Waals surface area contributed by atoms with Crippen LogP contribution in [0.15, 0.2) is 77.3 Å². The van der Waals surface area contributed by atoms with Crippen molar-refractivity contribution in [2.24, 2.45) is 0 Å². The number of nitrogens with zero attached hydrogens (tertiary/aromatic N) is 2. The van der Waals surface area contributed by atoms with E-state index in [9.17, 15) is 9.59 Å². The number of benzene rings is 2. The van der Waals surface area contributed by atoms with Crippen LogP contribution in [-0.4, -0.2) is 29.9 Å². The van der Waals surface area contributed by atoms with Crippen molar-refractivity contribution in [3.8, 4) is 11.3 Å². The van der Waals surface area contributed by atoms with E-state index in [0.717, 1.165) is 41.3 Å². The second-order valence-electron chi connectivity index (χ2n) is 9.38. The van der Waals surface area contributed by atoms with E-state index < -0.39 is 0 Å². The highest BCUT2D eigenvalue weighted by Crippen LogP contribution is 2.35. The highest BCUT2D eigenvalue weighted by molar-refractivity contribution is 6.36. The van der Waals surface area contributed by atoms with Gasteiger partial charge in [-0.25, -0.2) is 4.98 Å². The van der Waals surface area contributed by atoms with Gasteiger partial charge in [0, 0.05) is 53.2 Å². The van der Waals surface area contributed by atoms with Crippen molar-refractivity contribution in [1.82, 2.24) is 10.3 Å². The van der Waals surface area contributed by atoms with Crippen molar-refractivity contribution in [2.45, 2.75) is 19.4 Å². The van der Waals surface area contributed by atoms with Crippen LogP contribution in [0.5, 0.6) is 0 Å². The van der Waals surface area contributed by atoms with Crippen LogP contribution in [0.25, 0.3) is 23.0 Å². The summed E-state index contributed by atoms with van der Waals surface area (Å²) in [4.78, 5) is 32.2. The first-order valence-electron chi connectivity index (χ1n) is 12.5. The van der Waals surface area contributed by atoms with E-state index in [1.54, 1.807) is 48.7 Å². The Hall–Kier alpha value is -4.36.